The quantitative estimate of drug-likeness (QED) is 0.563. The molecule has 2 amide bonds. The van der Waals surface area contributed by atoms with Crippen LogP contribution in [-0.4, -0.2) is 30.5 Å². The van der Waals surface area contributed by atoms with Gasteiger partial charge in [0, 0.05) is 6.07 Å². The number of hydrazine groups is 1. The number of nitrogens with one attached hydrogen (secondary N) is 2. The summed E-state index contributed by atoms with van der Waals surface area (Å²) in [6.07, 6.45) is 0. The highest BCUT2D eigenvalue weighted by Gasteiger charge is 2.26. The van der Waals surface area contributed by atoms with Gasteiger partial charge in [-0.1, -0.05) is 0 Å². The molecule has 0 bridgehead atoms. The average molecular weight is 399 g/mol. The number of amides is 2. The van der Waals surface area contributed by atoms with Crippen LogP contribution in [0.1, 0.15) is 32.2 Å². The van der Waals surface area contributed by atoms with Gasteiger partial charge in [0.1, 0.15) is 17.1 Å². The number of carbonyl (C=O) groups is 2. The van der Waals surface area contributed by atoms with E-state index in [2.05, 4.69) is 10.2 Å². The standard InChI is InChI=1S/C16H15F2N3O7/c1-7-4-9(8(2)27-7)14(22)19-20-15(23)10-5-12(26-3)13(28-16(17)18)6-11(10)21(24)25/h4-6,16H,1-3H3,(H,19,22)(H,20,23). The van der Waals surface area contributed by atoms with Crippen molar-refractivity contribution in [1.29, 1.82) is 0 Å². The minimum atomic E-state index is -3.26. The summed E-state index contributed by atoms with van der Waals surface area (Å²) in [6.45, 7) is -0.0866. The molecular formula is C16H15F2N3O7. The number of halogens is 2. The smallest absolute Gasteiger partial charge is 0.387 e. The molecule has 0 saturated carbocycles. The number of ether oxygens (including phenoxy) is 2. The van der Waals surface area contributed by atoms with E-state index in [4.69, 9.17) is 9.15 Å². The molecule has 0 aliphatic heterocycles. The molecule has 0 aliphatic carbocycles. The highest BCUT2D eigenvalue weighted by atomic mass is 19.3. The number of hydrogen-bond acceptors (Lipinski definition) is 7. The number of hydrogen-bond donors (Lipinski definition) is 2. The molecule has 1 aromatic heterocycles. The molecule has 150 valence electrons. The lowest BCUT2D eigenvalue weighted by Crippen LogP contribution is -2.41. The van der Waals surface area contributed by atoms with Gasteiger partial charge in [0.2, 0.25) is 0 Å². The molecule has 2 aromatic rings. The number of aryl methyl sites for hydroxylation is 2. The molecule has 1 aromatic carbocycles. The Kier molecular flexibility index (Phi) is 6.13. The van der Waals surface area contributed by atoms with E-state index in [1.165, 1.54) is 6.07 Å². The number of carbonyl (C=O) groups excluding carboxylic acids is 2. The maximum atomic E-state index is 12.5. The van der Waals surface area contributed by atoms with Crippen LogP contribution in [0.15, 0.2) is 22.6 Å². The summed E-state index contributed by atoms with van der Waals surface area (Å²) in [5, 5.41) is 11.2. The van der Waals surface area contributed by atoms with Crippen LogP contribution in [-0.2, 0) is 0 Å². The largest absolute Gasteiger partial charge is 0.493 e. The lowest BCUT2D eigenvalue weighted by atomic mass is 10.1. The summed E-state index contributed by atoms with van der Waals surface area (Å²) in [6, 6.07) is 2.93. The zero-order valence-corrected chi connectivity index (χ0v) is 14.9. The van der Waals surface area contributed by atoms with Crippen molar-refractivity contribution in [2.45, 2.75) is 20.5 Å². The molecule has 1 heterocycles. The molecule has 2 N–H and O–H groups in total. The first-order chi connectivity index (χ1) is 13.1. The molecule has 10 nitrogen and oxygen atoms in total. The van der Waals surface area contributed by atoms with E-state index >= 15 is 0 Å². The van der Waals surface area contributed by atoms with E-state index in [0.717, 1.165) is 13.2 Å². The van der Waals surface area contributed by atoms with Crippen LogP contribution in [0.25, 0.3) is 0 Å². The van der Waals surface area contributed by atoms with Crippen LogP contribution in [0.5, 0.6) is 11.5 Å². The molecule has 0 atom stereocenters. The molecule has 28 heavy (non-hydrogen) atoms. The van der Waals surface area contributed by atoms with Gasteiger partial charge in [-0.2, -0.15) is 8.78 Å². The van der Waals surface area contributed by atoms with E-state index in [1.807, 2.05) is 5.43 Å². The predicted octanol–water partition coefficient (Wildman–Crippen LogP) is 2.49. The normalized spacial score (nSPS) is 10.5. The van der Waals surface area contributed by atoms with Crippen molar-refractivity contribution in [2.24, 2.45) is 0 Å². The lowest BCUT2D eigenvalue weighted by Gasteiger charge is -2.12. The van der Waals surface area contributed by atoms with E-state index < -0.39 is 40.3 Å². The summed E-state index contributed by atoms with van der Waals surface area (Å²) >= 11 is 0. The number of nitro benzene ring substituents is 1. The number of methoxy groups -OCH3 is 1. The predicted molar refractivity (Wildman–Crippen MR) is 89.4 cm³/mol. The van der Waals surface area contributed by atoms with E-state index in [1.54, 1.807) is 13.8 Å². The molecular weight excluding hydrogens is 384 g/mol. The summed E-state index contributed by atoms with van der Waals surface area (Å²) in [5.74, 6) is -1.94. The van der Waals surface area contributed by atoms with Crippen LogP contribution in [0.4, 0.5) is 14.5 Å². The highest BCUT2D eigenvalue weighted by molar-refractivity contribution is 6.02. The first kappa shape index (κ1) is 20.6. The third-order valence-corrected chi connectivity index (χ3v) is 3.51. The second-order valence-corrected chi connectivity index (χ2v) is 5.39. The zero-order chi connectivity index (χ0) is 21.0. The fraction of sp³-hybridized carbons (Fsp3) is 0.250. The van der Waals surface area contributed by atoms with Crippen molar-refractivity contribution >= 4 is 17.5 Å². The van der Waals surface area contributed by atoms with Gasteiger partial charge >= 0.3 is 6.61 Å². The third-order valence-electron chi connectivity index (χ3n) is 3.51. The van der Waals surface area contributed by atoms with E-state index in [9.17, 15) is 28.5 Å². The number of alkyl halides is 2. The van der Waals surface area contributed by atoms with Gasteiger partial charge in [-0.15, -0.1) is 0 Å². The first-order valence-corrected chi connectivity index (χ1v) is 7.63. The van der Waals surface area contributed by atoms with Crippen molar-refractivity contribution in [3.63, 3.8) is 0 Å². The van der Waals surface area contributed by atoms with Gasteiger partial charge in [-0.25, -0.2) is 0 Å². The molecule has 0 radical (unpaired) electrons. The Hall–Kier alpha value is -3.70. The average Bonchev–Trinajstić information content (AvgIpc) is 2.96. The second kappa shape index (κ2) is 8.33. The maximum Gasteiger partial charge on any atom is 0.387 e. The van der Waals surface area contributed by atoms with Gasteiger partial charge in [-0.05, 0) is 19.9 Å². The Morgan fingerprint density at radius 2 is 1.71 bits per heavy atom. The number of nitrogens with zero attached hydrogens (tertiary/aromatic N) is 1. The van der Waals surface area contributed by atoms with Crippen molar-refractivity contribution in [2.75, 3.05) is 7.11 Å². The summed E-state index contributed by atoms with van der Waals surface area (Å²) in [4.78, 5) is 34.6. The summed E-state index contributed by atoms with van der Waals surface area (Å²) in [5.41, 5.74) is 2.90. The van der Waals surface area contributed by atoms with Crippen LogP contribution < -0.4 is 20.3 Å². The molecule has 0 spiro atoms. The van der Waals surface area contributed by atoms with Crippen LogP contribution >= 0.6 is 0 Å². The minimum absolute atomic E-state index is 0.158. The molecule has 12 heteroatoms. The third kappa shape index (κ3) is 4.52. The first-order valence-electron chi connectivity index (χ1n) is 7.63. The topological polar surface area (TPSA) is 133 Å². The summed E-state index contributed by atoms with van der Waals surface area (Å²) in [7, 11) is 1.10. The fourth-order valence-electron chi connectivity index (χ4n) is 2.33. The Labute approximate surface area is 156 Å². The second-order valence-electron chi connectivity index (χ2n) is 5.39. The summed E-state index contributed by atoms with van der Waals surface area (Å²) < 4.78 is 39.1. The van der Waals surface area contributed by atoms with Crippen molar-refractivity contribution in [1.82, 2.24) is 10.9 Å². The van der Waals surface area contributed by atoms with Gasteiger partial charge in [0.05, 0.1) is 23.7 Å². The molecule has 0 fully saturated rings. The molecule has 0 aliphatic rings. The SMILES string of the molecule is COc1cc(C(=O)NNC(=O)c2cc(C)oc2C)c([N+](=O)[O-])cc1OC(F)F. The van der Waals surface area contributed by atoms with Gasteiger partial charge in [0.15, 0.2) is 11.5 Å². The number of benzene rings is 1. The van der Waals surface area contributed by atoms with Crippen LogP contribution in [0.2, 0.25) is 0 Å². The Bertz CT molecular complexity index is 927. The van der Waals surface area contributed by atoms with Crippen molar-refractivity contribution < 1.29 is 37.2 Å². The van der Waals surface area contributed by atoms with Crippen molar-refractivity contribution in [3.05, 3.63) is 51.0 Å². The highest BCUT2D eigenvalue weighted by Crippen LogP contribution is 2.35. The van der Waals surface area contributed by atoms with E-state index in [-0.39, 0.29) is 11.3 Å². The Balaban J connectivity index is 2.27. The molecule has 2 rings (SSSR count). The fourth-order valence-corrected chi connectivity index (χ4v) is 2.33. The maximum absolute atomic E-state index is 12.5. The minimum Gasteiger partial charge on any atom is -0.493 e. The van der Waals surface area contributed by atoms with Gasteiger partial charge in [0.25, 0.3) is 17.5 Å². The zero-order valence-electron chi connectivity index (χ0n) is 14.9. The van der Waals surface area contributed by atoms with Gasteiger partial charge in [-0.3, -0.25) is 30.6 Å². The monoisotopic (exact) mass is 399 g/mol. The van der Waals surface area contributed by atoms with Crippen molar-refractivity contribution in [3.8, 4) is 11.5 Å². The Morgan fingerprint density at radius 1 is 1.11 bits per heavy atom. The Morgan fingerprint density at radius 3 is 2.18 bits per heavy atom. The lowest BCUT2D eigenvalue weighted by molar-refractivity contribution is -0.385. The number of furan rings is 1. The number of rotatable bonds is 6. The molecule has 0 saturated heterocycles. The van der Waals surface area contributed by atoms with Gasteiger partial charge < -0.3 is 13.9 Å². The molecule has 0 unspecified atom stereocenters. The number of nitro groups is 1. The van der Waals surface area contributed by atoms with Crippen LogP contribution in [0, 0.1) is 24.0 Å². The van der Waals surface area contributed by atoms with E-state index in [0.29, 0.717) is 17.6 Å². The van der Waals surface area contributed by atoms with Crippen LogP contribution in [0.3, 0.4) is 0 Å².